The van der Waals surface area contributed by atoms with Crippen LogP contribution < -0.4 is 3.61 Å². The Morgan fingerprint density at radius 1 is 1.22 bits per heavy atom. The van der Waals surface area contributed by atoms with Gasteiger partial charge in [0.2, 0.25) is 0 Å². The van der Waals surface area contributed by atoms with Crippen molar-refractivity contribution in [3.05, 3.63) is 30.1 Å². The zero-order valence-corrected chi connectivity index (χ0v) is 8.96. The molecule has 0 aliphatic heterocycles. The Morgan fingerprint density at radius 2 is 1.78 bits per heavy atom. The Labute approximate surface area is 73.2 Å². The maximum atomic E-state index is 12.2. The van der Waals surface area contributed by atoms with Crippen molar-refractivity contribution in [2.24, 2.45) is 0 Å². The van der Waals surface area contributed by atoms with Crippen LogP contribution in [-0.2, 0) is 0 Å². The number of rotatable bonds is 1. The van der Waals surface area contributed by atoms with Crippen molar-refractivity contribution in [3.63, 3.8) is 0 Å². The van der Waals surface area contributed by atoms with Crippen LogP contribution in [0.2, 0.25) is 0 Å². The Kier molecular flexibility index (Phi) is 3.23. The predicted octanol–water partition coefficient (Wildman–Crippen LogP) is 1.51. The first-order chi connectivity index (χ1) is 4.33. The van der Waals surface area contributed by atoms with Gasteiger partial charge in [0, 0.05) is 0 Å². The van der Waals surface area contributed by atoms with E-state index in [9.17, 15) is 4.39 Å². The van der Waals surface area contributed by atoms with E-state index in [2.05, 4.69) is 18.7 Å². The van der Waals surface area contributed by atoms with Gasteiger partial charge in [-0.05, 0) is 0 Å². The van der Waals surface area contributed by atoms with Crippen molar-refractivity contribution in [2.75, 3.05) is 0 Å². The molecule has 1 aromatic carbocycles. The van der Waals surface area contributed by atoms with E-state index in [1.165, 1.54) is 15.7 Å². The summed E-state index contributed by atoms with van der Waals surface area (Å²) < 4.78 is 13.5. The Balaban J connectivity index is 2.88. The van der Waals surface area contributed by atoms with Gasteiger partial charge in [0.05, 0.1) is 0 Å². The summed E-state index contributed by atoms with van der Waals surface area (Å²) in [7, 11) is 0. The van der Waals surface area contributed by atoms with Gasteiger partial charge < -0.3 is 0 Å². The topological polar surface area (TPSA) is 0 Å². The van der Waals surface area contributed by atoms with E-state index in [4.69, 9.17) is 0 Å². The van der Waals surface area contributed by atoms with E-state index in [0.717, 1.165) is 0 Å². The summed E-state index contributed by atoms with van der Waals surface area (Å²) in [6.07, 6.45) is 0. The Morgan fingerprint density at radius 3 is 2.22 bits per heavy atom. The second kappa shape index (κ2) is 3.74. The third kappa shape index (κ3) is 2.40. The minimum absolute atomic E-state index is 0.0533. The molecule has 0 bridgehead atoms. The molecule has 1 aromatic rings. The Bertz CT molecular complexity index is 185. The summed E-state index contributed by atoms with van der Waals surface area (Å²) in [5, 5.41) is 0. The van der Waals surface area contributed by atoms with Gasteiger partial charge in [-0.3, -0.25) is 0 Å². The predicted molar refractivity (Wildman–Crippen MR) is 45.8 cm³/mol. The molecule has 0 amide bonds. The van der Waals surface area contributed by atoms with Gasteiger partial charge in [-0.2, -0.15) is 0 Å². The van der Waals surface area contributed by atoms with Gasteiger partial charge in [0.15, 0.2) is 0 Å². The van der Waals surface area contributed by atoms with Crippen LogP contribution in [0.5, 0.6) is 0 Å². The van der Waals surface area contributed by atoms with E-state index in [0.29, 0.717) is 0 Å². The summed E-state index contributed by atoms with van der Waals surface area (Å²) in [6.45, 7) is 0. The SMILES string of the molecule is Fc1ccc([Te]I)cc1. The van der Waals surface area contributed by atoms with Crippen molar-refractivity contribution in [2.45, 2.75) is 0 Å². The van der Waals surface area contributed by atoms with Crippen LogP contribution in [0.4, 0.5) is 4.39 Å². The molecule has 9 heavy (non-hydrogen) atoms. The van der Waals surface area contributed by atoms with E-state index in [1.807, 2.05) is 12.1 Å². The fourth-order valence-corrected chi connectivity index (χ4v) is 3.14. The molecule has 0 aliphatic rings. The zero-order valence-electron chi connectivity index (χ0n) is 4.47. The van der Waals surface area contributed by atoms with Gasteiger partial charge in [-0.15, -0.1) is 0 Å². The van der Waals surface area contributed by atoms with Crippen LogP contribution in [0, 0.1) is 5.82 Å². The van der Waals surface area contributed by atoms with Crippen LogP contribution in [0.25, 0.3) is 0 Å². The molecule has 0 nitrogen and oxygen atoms in total. The van der Waals surface area contributed by atoms with Crippen LogP contribution >= 0.6 is 18.7 Å². The van der Waals surface area contributed by atoms with Crippen LogP contribution in [0.1, 0.15) is 0 Å². The second-order valence-corrected chi connectivity index (χ2v) is 6.27. The molecule has 0 heterocycles. The summed E-state index contributed by atoms with van der Waals surface area (Å²) in [5.74, 6) is -0.143. The molecule has 0 fully saturated rings. The van der Waals surface area contributed by atoms with Gasteiger partial charge in [-0.25, -0.2) is 0 Å². The van der Waals surface area contributed by atoms with Crippen molar-refractivity contribution < 1.29 is 4.39 Å². The molecule has 0 saturated heterocycles. The van der Waals surface area contributed by atoms with E-state index < -0.39 is 0 Å². The normalized spacial score (nSPS) is 9.56. The van der Waals surface area contributed by atoms with Crippen LogP contribution in [-0.4, -0.2) is 17.0 Å². The molecular formula is C6H4FITe. The first-order valence-electron chi connectivity index (χ1n) is 2.37. The fourth-order valence-electron chi connectivity index (χ4n) is 0.486. The summed E-state index contributed by atoms with van der Waals surface area (Å²) in [6, 6.07) is 6.73. The molecular weight excluding hydrogens is 346 g/mol. The van der Waals surface area contributed by atoms with Crippen molar-refractivity contribution >= 4 is 39.3 Å². The molecule has 0 unspecified atom stereocenters. The maximum absolute atomic E-state index is 12.2. The Hall–Kier alpha value is 0.670. The van der Waals surface area contributed by atoms with Gasteiger partial charge in [0.25, 0.3) is 0 Å². The zero-order chi connectivity index (χ0) is 6.69. The summed E-state index contributed by atoms with van der Waals surface area (Å²) in [5.41, 5.74) is 0. The minimum atomic E-state index is -0.143. The second-order valence-electron chi connectivity index (χ2n) is 1.53. The standard InChI is InChI=1S/C6H4FITe/c7-5-1-3-6(9-8)4-2-5/h1-4H. The van der Waals surface area contributed by atoms with Crippen LogP contribution in [0.3, 0.4) is 0 Å². The molecule has 0 spiro atoms. The van der Waals surface area contributed by atoms with Crippen molar-refractivity contribution in [1.29, 1.82) is 0 Å². The number of benzene rings is 1. The molecule has 0 aromatic heterocycles. The summed E-state index contributed by atoms with van der Waals surface area (Å²) in [4.78, 5) is 0. The summed E-state index contributed by atoms with van der Waals surface area (Å²) >= 11 is 2.32. The van der Waals surface area contributed by atoms with Gasteiger partial charge in [-0.1, -0.05) is 0 Å². The van der Waals surface area contributed by atoms with E-state index >= 15 is 0 Å². The molecule has 0 saturated carbocycles. The third-order valence-corrected chi connectivity index (χ3v) is 5.60. The first kappa shape index (κ1) is 7.77. The molecule has 0 N–H and O–H groups in total. The average Bonchev–Trinajstić information content (AvgIpc) is 1.90. The van der Waals surface area contributed by atoms with Crippen LogP contribution in [0.15, 0.2) is 24.3 Å². The molecule has 3 heteroatoms. The first-order valence-corrected chi connectivity index (χ1v) is 10.3. The molecule has 0 radical (unpaired) electrons. The van der Waals surface area contributed by atoms with E-state index in [-0.39, 0.29) is 22.8 Å². The third-order valence-electron chi connectivity index (χ3n) is 0.903. The quantitative estimate of drug-likeness (QED) is 0.532. The van der Waals surface area contributed by atoms with Crippen molar-refractivity contribution in [1.82, 2.24) is 0 Å². The molecule has 1 rings (SSSR count). The number of halogens is 2. The molecule has 0 aliphatic carbocycles. The fraction of sp³-hybridized carbons (Fsp3) is 0. The molecule has 0 atom stereocenters. The van der Waals surface area contributed by atoms with E-state index in [1.54, 1.807) is 0 Å². The monoisotopic (exact) mass is 352 g/mol. The molecule has 48 valence electrons. The van der Waals surface area contributed by atoms with Gasteiger partial charge in [0.1, 0.15) is 0 Å². The number of hydrogen-bond acceptors (Lipinski definition) is 0. The number of hydrogen-bond donors (Lipinski definition) is 0. The van der Waals surface area contributed by atoms with Crippen molar-refractivity contribution in [3.8, 4) is 0 Å². The van der Waals surface area contributed by atoms with Gasteiger partial charge >= 0.3 is 73.8 Å². The average molecular weight is 350 g/mol.